The van der Waals surface area contributed by atoms with Crippen molar-refractivity contribution in [2.75, 3.05) is 12.3 Å². The SMILES string of the molecule is Nc1nc(Cl)nc2c1ncn2C1OC(CO)[C@H](O)[C@H]1F. The van der Waals surface area contributed by atoms with E-state index in [0.29, 0.717) is 0 Å². The summed E-state index contributed by atoms with van der Waals surface area (Å²) in [5.74, 6) is 0.0615. The van der Waals surface area contributed by atoms with E-state index in [1.165, 1.54) is 10.9 Å². The van der Waals surface area contributed by atoms with Gasteiger partial charge in [0, 0.05) is 0 Å². The van der Waals surface area contributed by atoms with Crippen LogP contribution in [-0.2, 0) is 4.74 Å². The lowest BCUT2D eigenvalue weighted by Crippen LogP contribution is -2.30. The van der Waals surface area contributed by atoms with Crippen LogP contribution in [0.1, 0.15) is 6.23 Å². The largest absolute Gasteiger partial charge is 0.394 e. The fourth-order valence-corrected chi connectivity index (χ4v) is 2.35. The predicted molar refractivity (Wildman–Crippen MR) is 66.6 cm³/mol. The Morgan fingerprint density at radius 2 is 2.25 bits per heavy atom. The summed E-state index contributed by atoms with van der Waals surface area (Å²) in [6.45, 7) is -0.497. The van der Waals surface area contributed by atoms with Crippen molar-refractivity contribution in [3.8, 4) is 0 Å². The molecule has 0 spiro atoms. The number of ether oxygens (including phenoxy) is 1. The number of nitrogen functional groups attached to an aromatic ring is 1. The summed E-state index contributed by atoms with van der Waals surface area (Å²) in [5.41, 5.74) is 6.10. The summed E-state index contributed by atoms with van der Waals surface area (Å²) in [4.78, 5) is 11.7. The van der Waals surface area contributed by atoms with Gasteiger partial charge in [-0.2, -0.15) is 9.97 Å². The molecule has 2 aromatic heterocycles. The molecule has 1 aliphatic rings. The highest BCUT2D eigenvalue weighted by molar-refractivity contribution is 6.28. The first-order chi connectivity index (χ1) is 9.52. The topological polar surface area (TPSA) is 119 Å². The van der Waals surface area contributed by atoms with Crippen LogP contribution in [0.15, 0.2) is 6.33 Å². The number of aliphatic hydroxyl groups is 2. The number of hydrogen-bond donors (Lipinski definition) is 3. The predicted octanol–water partition coefficient (Wildman–Crippen LogP) is -0.349. The molecule has 20 heavy (non-hydrogen) atoms. The molecule has 3 rings (SSSR count). The van der Waals surface area contributed by atoms with Crippen molar-refractivity contribution in [2.45, 2.75) is 24.6 Å². The molecule has 10 heteroatoms. The van der Waals surface area contributed by atoms with Crippen LogP contribution in [0.2, 0.25) is 5.28 Å². The third-order valence-electron chi connectivity index (χ3n) is 3.17. The van der Waals surface area contributed by atoms with Gasteiger partial charge in [0.05, 0.1) is 12.9 Å². The number of aliphatic hydroxyl groups excluding tert-OH is 2. The number of alkyl halides is 1. The number of imidazole rings is 1. The molecule has 2 unspecified atom stereocenters. The van der Waals surface area contributed by atoms with E-state index in [2.05, 4.69) is 15.0 Å². The molecule has 0 bridgehead atoms. The number of fused-ring (bicyclic) bond motifs is 1. The molecular weight excluding hydrogens is 293 g/mol. The highest BCUT2D eigenvalue weighted by atomic mass is 35.5. The minimum atomic E-state index is -1.74. The van der Waals surface area contributed by atoms with Crippen molar-refractivity contribution in [1.82, 2.24) is 19.5 Å². The smallest absolute Gasteiger partial charge is 0.226 e. The van der Waals surface area contributed by atoms with Crippen molar-refractivity contribution in [1.29, 1.82) is 0 Å². The molecule has 0 amide bonds. The van der Waals surface area contributed by atoms with Crippen molar-refractivity contribution in [3.05, 3.63) is 11.6 Å². The zero-order chi connectivity index (χ0) is 14.4. The average Bonchev–Trinajstić information content (AvgIpc) is 2.93. The molecule has 4 N–H and O–H groups in total. The van der Waals surface area contributed by atoms with Crippen LogP contribution in [0.4, 0.5) is 10.2 Å². The van der Waals surface area contributed by atoms with Gasteiger partial charge in [0.15, 0.2) is 23.9 Å². The Kier molecular flexibility index (Phi) is 3.21. The Labute approximate surface area is 117 Å². The fraction of sp³-hybridized carbons (Fsp3) is 0.500. The molecule has 108 valence electrons. The minimum Gasteiger partial charge on any atom is -0.394 e. The normalized spacial score (nSPS) is 30.2. The van der Waals surface area contributed by atoms with Gasteiger partial charge in [0.1, 0.15) is 17.7 Å². The van der Waals surface area contributed by atoms with E-state index >= 15 is 0 Å². The minimum absolute atomic E-state index is 0.0615. The summed E-state index contributed by atoms with van der Waals surface area (Å²) in [6.07, 6.45) is -4.08. The molecule has 2 aromatic rings. The third-order valence-corrected chi connectivity index (χ3v) is 3.34. The Bertz CT molecular complexity index is 653. The second-order valence-corrected chi connectivity index (χ2v) is 4.72. The maximum absolute atomic E-state index is 14.1. The second-order valence-electron chi connectivity index (χ2n) is 4.38. The van der Waals surface area contributed by atoms with E-state index < -0.39 is 31.2 Å². The van der Waals surface area contributed by atoms with Crippen LogP contribution >= 0.6 is 11.6 Å². The standard InChI is InChI=1S/C10H11ClFN5O3/c11-10-15-7(13)5-8(16-10)17(2-14-5)9-4(12)6(19)3(1-18)20-9/h2-4,6,9,18-19H,1H2,(H2,13,15,16)/t3?,4-,6+,9?/m1/s1. The van der Waals surface area contributed by atoms with E-state index in [-0.39, 0.29) is 22.3 Å². The van der Waals surface area contributed by atoms with Crippen molar-refractivity contribution >= 4 is 28.6 Å². The lowest BCUT2D eigenvalue weighted by atomic mass is 10.1. The zero-order valence-electron chi connectivity index (χ0n) is 10.0. The molecule has 1 saturated heterocycles. The van der Waals surface area contributed by atoms with Crippen LogP contribution in [0.25, 0.3) is 11.2 Å². The molecule has 0 radical (unpaired) electrons. The van der Waals surface area contributed by atoms with Gasteiger partial charge in [-0.15, -0.1) is 0 Å². The zero-order valence-corrected chi connectivity index (χ0v) is 10.8. The van der Waals surface area contributed by atoms with Gasteiger partial charge in [0.2, 0.25) is 5.28 Å². The van der Waals surface area contributed by atoms with Gasteiger partial charge in [-0.1, -0.05) is 0 Å². The van der Waals surface area contributed by atoms with E-state index in [1.807, 2.05) is 0 Å². The lowest BCUT2D eigenvalue weighted by molar-refractivity contribution is -0.0459. The van der Waals surface area contributed by atoms with E-state index in [0.717, 1.165) is 0 Å². The first-order valence-electron chi connectivity index (χ1n) is 5.77. The molecule has 1 aliphatic heterocycles. The molecule has 1 fully saturated rings. The molecule has 8 nitrogen and oxygen atoms in total. The van der Waals surface area contributed by atoms with Crippen LogP contribution in [-0.4, -0.2) is 54.7 Å². The van der Waals surface area contributed by atoms with Crippen LogP contribution in [0.5, 0.6) is 0 Å². The third kappa shape index (κ3) is 1.90. The molecule has 3 heterocycles. The Morgan fingerprint density at radius 3 is 2.90 bits per heavy atom. The second kappa shape index (κ2) is 4.77. The number of halogens is 2. The first kappa shape index (κ1) is 13.4. The number of rotatable bonds is 2. The molecular formula is C10H11ClFN5O3. The van der Waals surface area contributed by atoms with Crippen LogP contribution < -0.4 is 5.73 Å². The van der Waals surface area contributed by atoms with Gasteiger partial charge in [0.25, 0.3) is 0 Å². The molecule has 4 atom stereocenters. The monoisotopic (exact) mass is 303 g/mol. The number of nitrogens with zero attached hydrogens (tertiary/aromatic N) is 4. The molecule has 0 saturated carbocycles. The Morgan fingerprint density at radius 1 is 1.50 bits per heavy atom. The number of anilines is 1. The van der Waals surface area contributed by atoms with E-state index in [1.54, 1.807) is 0 Å². The van der Waals surface area contributed by atoms with Crippen molar-refractivity contribution in [3.63, 3.8) is 0 Å². The van der Waals surface area contributed by atoms with Crippen LogP contribution in [0.3, 0.4) is 0 Å². The number of aromatic nitrogens is 4. The van der Waals surface area contributed by atoms with E-state index in [4.69, 9.17) is 27.2 Å². The highest BCUT2D eigenvalue weighted by Gasteiger charge is 2.45. The summed E-state index contributed by atoms with van der Waals surface area (Å²) in [7, 11) is 0. The van der Waals surface area contributed by atoms with Gasteiger partial charge in [-0.05, 0) is 11.6 Å². The number of hydrogen-bond acceptors (Lipinski definition) is 7. The summed E-state index contributed by atoms with van der Waals surface area (Å²) in [6, 6.07) is 0. The van der Waals surface area contributed by atoms with Gasteiger partial charge in [-0.25, -0.2) is 9.37 Å². The van der Waals surface area contributed by atoms with Crippen LogP contribution in [0, 0.1) is 0 Å². The number of nitrogens with two attached hydrogens (primary N) is 1. The first-order valence-corrected chi connectivity index (χ1v) is 6.14. The summed E-state index contributed by atoms with van der Waals surface area (Å²) in [5, 5.41) is 18.6. The van der Waals surface area contributed by atoms with Gasteiger partial charge >= 0.3 is 0 Å². The maximum atomic E-state index is 14.1. The average molecular weight is 304 g/mol. The van der Waals surface area contributed by atoms with E-state index in [9.17, 15) is 9.50 Å². The fourth-order valence-electron chi connectivity index (χ4n) is 2.18. The van der Waals surface area contributed by atoms with Crippen molar-refractivity contribution in [2.24, 2.45) is 0 Å². The quantitative estimate of drug-likeness (QED) is 0.649. The summed E-state index contributed by atoms with van der Waals surface area (Å²) < 4.78 is 20.6. The van der Waals surface area contributed by atoms with Crippen molar-refractivity contribution < 1.29 is 19.3 Å². The Balaban J connectivity index is 2.07. The Hall–Kier alpha value is -1.55. The maximum Gasteiger partial charge on any atom is 0.226 e. The summed E-state index contributed by atoms with van der Waals surface area (Å²) >= 11 is 5.71. The molecule has 0 aliphatic carbocycles. The lowest BCUT2D eigenvalue weighted by Gasteiger charge is -2.15. The van der Waals surface area contributed by atoms with Gasteiger partial charge in [-0.3, -0.25) is 4.57 Å². The highest BCUT2D eigenvalue weighted by Crippen LogP contribution is 2.34. The molecule has 0 aromatic carbocycles. The van der Waals surface area contributed by atoms with Gasteiger partial charge < -0.3 is 20.7 Å².